The van der Waals surface area contributed by atoms with Gasteiger partial charge in [-0.1, -0.05) is 97.1 Å². The van der Waals surface area contributed by atoms with Crippen LogP contribution in [0.1, 0.15) is 11.1 Å². The number of aromatic nitrogens is 4. The SMILES string of the molecule is [C-]#[N+]c1ccc(-c2ccc3c(c2)c2ccccc2n3-c2cc(-c3nc(-c4ccccc4)nc(-c4ccccc4)n3)ccc2C#N)c(C#N)c1. The quantitative estimate of drug-likeness (QED) is 0.177. The number of fused-ring (bicyclic) bond motifs is 3. The van der Waals surface area contributed by atoms with Gasteiger partial charge in [0.1, 0.15) is 6.07 Å². The van der Waals surface area contributed by atoms with Crippen molar-refractivity contribution in [2.45, 2.75) is 0 Å². The molecular weight excluding hydrogens is 603 g/mol. The minimum Gasteiger partial charge on any atom is -0.308 e. The van der Waals surface area contributed by atoms with Gasteiger partial charge in [-0.2, -0.15) is 10.5 Å². The summed E-state index contributed by atoms with van der Waals surface area (Å²) in [6.45, 7) is 7.36. The summed E-state index contributed by atoms with van der Waals surface area (Å²) < 4.78 is 2.10. The second kappa shape index (κ2) is 12.1. The zero-order valence-corrected chi connectivity index (χ0v) is 25.9. The van der Waals surface area contributed by atoms with Crippen LogP contribution < -0.4 is 0 Å². The minimum absolute atomic E-state index is 0.423. The number of para-hydroxylation sites is 1. The van der Waals surface area contributed by atoms with E-state index in [4.69, 9.17) is 21.5 Å². The molecule has 0 fully saturated rings. The summed E-state index contributed by atoms with van der Waals surface area (Å²) in [5, 5.41) is 22.2. The molecule has 7 heteroatoms. The maximum atomic E-state index is 10.3. The first-order valence-electron chi connectivity index (χ1n) is 15.5. The van der Waals surface area contributed by atoms with Crippen molar-refractivity contribution in [2.75, 3.05) is 0 Å². The first-order chi connectivity index (χ1) is 24.1. The van der Waals surface area contributed by atoms with Crippen molar-refractivity contribution >= 4 is 27.5 Å². The Morgan fingerprint density at radius 2 is 1.10 bits per heavy atom. The number of hydrogen-bond acceptors (Lipinski definition) is 5. The van der Waals surface area contributed by atoms with E-state index in [-0.39, 0.29) is 0 Å². The molecule has 6 aromatic carbocycles. The van der Waals surface area contributed by atoms with Crippen LogP contribution in [0.3, 0.4) is 0 Å². The van der Waals surface area contributed by atoms with Crippen molar-refractivity contribution < 1.29 is 0 Å². The van der Waals surface area contributed by atoms with E-state index >= 15 is 0 Å². The number of rotatable bonds is 5. The number of nitrogens with zero attached hydrogens (tertiary/aromatic N) is 7. The molecule has 0 amide bonds. The number of nitriles is 2. The van der Waals surface area contributed by atoms with Gasteiger partial charge in [0.15, 0.2) is 23.2 Å². The standard InChI is InChI=1S/C42H23N7/c1-45-33-19-20-34(32(22-33)26-44)29-18-21-38-36(23-29)35-14-8-9-15-37(35)49(38)39-24-30(16-17-31(39)25-43)42-47-40(27-10-4-2-5-11-27)46-41(48-42)28-12-6-3-7-13-28/h2-24H. The van der Waals surface area contributed by atoms with Gasteiger partial charge in [0.25, 0.3) is 0 Å². The molecule has 0 spiro atoms. The highest BCUT2D eigenvalue weighted by Gasteiger charge is 2.19. The van der Waals surface area contributed by atoms with E-state index < -0.39 is 0 Å². The maximum absolute atomic E-state index is 10.3. The number of benzene rings is 6. The summed E-state index contributed by atoms with van der Waals surface area (Å²) in [5.74, 6) is 1.61. The fraction of sp³-hybridized carbons (Fsp3) is 0. The lowest BCUT2D eigenvalue weighted by molar-refractivity contribution is 1.07. The van der Waals surface area contributed by atoms with Gasteiger partial charge in [0.2, 0.25) is 0 Å². The molecule has 7 nitrogen and oxygen atoms in total. The lowest BCUT2D eigenvalue weighted by Crippen LogP contribution is -2.02. The molecule has 49 heavy (non-hydrogen) atoms. The Morgan fingerprint density at radius 1 is 0.510 bits per heavy atom. The Labute approximate surface area is 282 Å². The Hall–Kier alpha value is -7.40. The van der Waals surface area contributed by atoms with Crippen molar-refractivity contribution in [3.8, 4) is 63.1 Å². The van der Waals surface area contributed by atoms with Gasteiger partial charge in [-0.15, -0.1) is 0 Å². The molecule has 8 aromatic rings. The van der Waals surface area contributed by atoms with E-state index in [0.29, 0.717) is 40.0 Å². The number of hydrogen-bond donors (Lipinski definition) is 0. The van der Waals surface area contributed by atoms with Gasteiger partial charge < -0.3 is 4.57 Å². The molecule has 0 aliphatic rings. The maximum Gasteiger partial charge on any atom is 0.188 e. The van der Waals surface area contributed by atoms with E-state index in [9.17, 15) is 10.5 Å². The summed E-state index contributed by atoms with van der Waals surface area (Å²) in [4.78, 5) is 18.1. The van der Waals surface area contributed by atoms with Crippen molar-refractivity contribution in [3.63, 3.8) is 0 Å². The zero-order chi connectivity index (χ0) is 33.3. The highest BCUT2D eigenvalue weighted by molar-refractivity contribution is 6.10. The molecule has 2 aromatic heterocycles. The molecular formula is C42H23N7. The first kappa shape index (κ1) is 29.0. The van der Waals surface area contributed by atoms with Crippen LogP contribution >= 0.6 is 0 Å². The lowest BCUT2D eigenvalue weighted by atomic mass is 9.98. The Kier molecular flexibility index (Phi) is 7.16. The van der Waals surface area contributed by atoms with Gasteiger partial charge in [0, 0.05) is 33.0 Å². The monoisotopic (exact) mass is 625 g/mol. The molecule has 2 heterocycles. The molecule has 0 aliphatic heterocycles. The third-order valence-electron chi connectivity index (χ3n) is 8.55. The summed E-state index contributed by atoms with van der Waals surface area (Å²) in [7, 11) is 0. The van der Waals surface area contributed by atoms with Crippen molar-refractivity contribution in [2.24, 2.45) is 0 Å². The highest BCUT2D eigenvalue weighted by atomic mass is 15.0. The fourth-order valence-electron chi connectivity index (χ4n) is 6.23. The van der Waals surface area contributed by atoms with Gasteiger partial charge >= 0.3 is 0 Å². The average Bonchev–Trinajstić information content (AvgIpc) is 3.51. The van der Waals surface area contributed by atoms with E-state index in [1.165, 1.54) is 0 Å². The molecule has 0 bridgehead atoms. The molecule has 0 atom stereocenters. The second-order valence-corrected chi connectivity index (χ2v) is 11.4. The summed E-state index contributed by atoms with van der Waals surface area (Å²) in [6.07, 6.45) is 0. The van der Waals surface area contributed by atoms with Crippen molar-refractivity contribution in [1.29, 1.82) is 10.5 Å². The van der Waals surface area contributed by atoms with Crippen molar-refractivity contribution in [1.82, 2.24) is 19.5 Å². The first-order valence-corrected chi connectivity index (χ1v) is 15.5. The van der Waals surface area contributed by atoms with Gasteiger partial charge in [0.05, 0.1) is 34.9 Å². The van der Waals surface area contributed by atoms with Gasteiger partial charge in [-0.05, 0) is 53.6 Å². The Balaban J connectivity index is 1.34. The van der Waals surface area contributed by atoms with E-state index in [1.807, 2.05) is 115 Å². The van der Waals surface area contributed by atoms with Crippen LogP contribution in [0.5, 0.6) is 0 Å². The third kappa shape index (κ3) is 5.13. The molecule has 0 saturated carbocycles. The molecule has 0 aliphatic carbocycles. The summed E-state index contributed by atoms with van der Waals surface area (Å²) >= 11 is 0. The van der Waals surface area contributed by atoms with Crippen LogP contribution in [-0.2, 0) is 0 Å². The van der Waals surface area contributed by atoms with Crippen LogP contribution in [0.15, 0.2) is 140 Å². The Morgan fingerprint density at radius 3 is 1.76 bits per heavy atom. The largest absolute Gasteiger partial charge is 0.308 e. The van der Waals surface area contributed by atoms with E-state index in [1.54, 1.807) is 12.1 Å². The van der Waals surface area contributed by atoms with Gasteiger partial charge in [-0.3, -0.25) is 0 Å². The third-order valence-corrected chi connectivity index (χ3v) is 8.55. The highest BCUT2D eigenvalue weighted by Crippen LogP contribution is 2.38. The van der Waals surface area contributed by atoms with E-state index in [0.717, 1.165) is 49.6 Å². The van der Waals surface area contributed by atoms with Crippen LogP contribution in [0, 0.1) is 29.2 Å². The molecule has 0 radical (unpaired) electrons. The van der Waals surface area contributed by atoms with Crippen LogP contribution in [0.4, 0.5) is 5.69 Å². The zero-order valence-electron chi connectivity index (χ0n) is 25.9. The molecule has 0 saturated heterocycles. The fourth-order valence-corrected chi connectivity index (χ4v) is 6.23. The molecule has 226 valence electrons. The van der Waals surface area contributed by atoms with Crippen LogP contribution in [0.25, 0.3) is 77.6 Å². The molecule has 0 N–H and O–H groups in total. The van der Waals surface area contributed by atoms with Gasteiger partial charge in [-0.25, -0.2) is 19.8 Å². The van der Waals surface area contributed by atoms with Crippen LogP contribution in [0.2, 0.25) is 0 Å². The second-order valence-electron chi connectivity index (χ2n) is 11.4. The topological polar surface area (TPSA) is 95.5 Å². The smallest absolute Gasteiger partial charge is 0.188 e. The normalized spacial score (nSPS) is 10.8. The lowest BCUT2D eigenvalue weighted by Gasteiger charge is -2.13. The Bertz CT molecular complexity index is 2630. The summed E-state index contributed by atoms with van der Waals surface area (Å²) in [5.41, 5.74) is 8.00. The van der Waals surface area contributed by atoms with Crippen molar-refractivity contribution in [3.05, 3.63) is 162 Å². The van der Waals surface area contributed by atoms with E-state index in [2.05, 4.69) is 33.7 Å². The average molecular weight is 626 g/mol. The predicted molar refractivity (Wildman–Crippen MR) is 192 cm³/mol. The summed E-state index contributed by atoms with van der Waals surface area (Å²) in [6, 6.07) is 49.3. The molecule has 0 unspecified atom stereocenters. The van der Waals surface area contributed by atoms with Crippen LogP contribution in [-0.4, -0.2) is 19.5 Å². The predicted octanol–water partition coefficient (Wildman–Crippen LogP) is 9.93. The molecule has 8 rings (SSSR count). The minimum atomic E-state index is 0.423.